The van der Waals surface area contributed by atoms with E-state index in [9.17, 15) is 14.3 Å². The number of aromatic hydroxyl groups is 1. The summed E-state index contributed by atoms with van der Waals surface area (Å²) in [6.07, 6.45) is 2.93. The molecule has 5 nitrogen and oxygen atoms in total. The van der Waals surface area contributed by atoms with E-state index in [0.717, 1.165) is 18.2 Å². The second kappa shape index (κ2) is 7.94. The molecule has 0 atom stereocenters. The van der Waals surface area contributed by atoms with Crippen molar-refractivity contribution in [1.29, 1.82) is 0 Å². The predicted molar refractivity (Wildman–Crippen MR) is 102 cm³/mol. The molecule has 0 aromatic heterocycles. The number of halogens is 1. The molecule has 2 rings (SSSR count). The Kier molecular flexibility index (Phi) is 5.70. The zero-order valence-corrected chi connectivity index (χ0v) is 13.9. The van der Waals surface area contributed by atoms with Crippen molar-refractivity contribution in [2.24, 2.45) is 10.9 Å². The number of nitrogens with zero attached hydrogens (tertiary/aromatic N) is 1. The average Bonchev–Trinajstić information content (AvgIpc) is 2.62. The van der Waals surface area contributed by atoms with Crippen LogP contribution in [0.15, 0.2) is 77.9 Å². The fraction of sp³-hybridized carbons (Fsp3) is 0. The lowest BCUT2D eigenvalue weighted by atomic mass is 9.95. The van der Waals surface area contributed by atoms with Crippen molar-refractivity contribution >= 4 is 23.3 Å². The maximum absolute atomic E-state index is 13.9. The van der Waals surface area contributed by atoms with Gasteiger partial charge in [-0.3, -0.25) is 4.79 Å². The van der Waals surface area contributed by atoms with Gasteiger partial charge in [-0.25, -0.2) is 4.39 Å². The molecule has 0 aliphatic rings. The van der Waals surface area contributed by atoms with Crippen molar-refractivity contribution in [2.45, 2.75) is 0 Å². The van der Waals surface area contributed by atoms with Gasteiger partial charge in [-0.15, -0.1) is 0 Å². The van der Waals surface area contributed by atoms with Gasteiger partial charge in [-0.2, -0.15) is 5.10 Å². The van der Waals surface area contributed by atoms with E-state index in [1.54, 1.807) is 30.3 Å². The molecule has 132 valence electrons. The minimum atomic E-state index is -0.759. The molecule has 0 fully saturated rings. The van der Waals surface area contributed by atoms with Crippen LogP contribution in [0.4, 0.5) is 10.1 Å². The first-order chi connectivity index (χ1) is 12.3. The molecule has 0 saturated heterocycles. The first-order valence-corrected chi connectivity index (χ1v) is 7.55. The van der Waals surface area contributed by atoms with Crippen LogP contribution in [-0.2, 0) is 0 Å². The van der Waals surface area contributed by atoms with Gasteiger partial charge in [0, 0.05) is 16.8 Å². The fourth-order valence-electron chi connectivity index (χ4n) is 2.26. The number of carbonyl (C=O) groups excluding carboxylic acids is 1. The van der Waals surface area contributed by atoms with Crippen molar-refractivity contribution in [1.82, 2.24) is 0 Å². The molecule has 0 heterocycles. The molecule has 2 aromatic carbocycles. The van der Waals surface area contributed by atoms with E-state index in [4.69, 9.17) is 11.6 Å². The first kappa shape index (κ1) is 18.7. The molecular formula is C20H18FN3O2. The van der Waals surface area contributed by atoms with Gasteiger partial charge in [0.1, 0.15) is 11.6 Å². The molecule has 26 heavy (non-hydrogen) atoms. The van der Waals surface area contributed by atoms with Crippen LogP contribution >= 0.6 is 0 Å². The highest BCUT2D eigenvalue weighted by Crippen LogP contribution is 2.24. The molecule has 0 aliphatic carbocycles. The number of phenolic OH excluding ortho intramolecular Hbond substituents is 1. The highest BCUT2D eigenvalue weighted by atomic mass is 19.1. The first-order valence-electron chi connectivity index (χ1n) is 7.55. The van der Waals surface area contributed by atoms with E-state index in [1.807, 2.05) is 0 Å². The molecule has 2 aromatic rings. The largest absolute Gasteiger partial charge is 0.508 e. The number of hydrogen-bond acceptors (Lipinski definition) is 5. The topological polar surface area (TPSA) is 102 Å². The number of hydrazone groups is 1. The Morgan fingerprint density at radius 2 is 1.92 bits per heavy atom. The van der Waals surface area contributed by atoms with Crippen LogP contribution in [0.2, 0.25) is 0 Å². The number of allylic oxidation sites excluding steroid dienone is 4. The summed E-state index contributed by atoms with van der Waals surface area (Å²) >= 11 is 0. The van der Waals surface area contributed by atoms with Gasteiger partial charge >= 0.3 is 0 Å². The molecule has 0 aliphatic heterocycles. The van der Waals surface area contributed by atoms with Gasteiger partial charge < -0.3 is 16.7 Å². The lowest BCUT2D eigenvalue weighted by Crippen LogP contribution is -2.06. The van der Waals surface area contributed by atoms with Gasteiger partial charge in [-0.05, 0) is 47.5 Å². The fourth-order valence-corrected chi connectivity index (χ4v) is 2.26. The Balaban J connectivity index is 2.36. The summed E-state index contributed by atoms with van der Waals surface area (Å²) in [5.41, 5.74) is 7.51. The highest BCUT2D eigenvalue weighted by Gasteiger charge is 2.17. The van der Waals surface area contributed by atoms with Crippen LogP contribution in [0.3, 0.4) is 0 Å². The summed E-state index contributed by atoms with van der Waals surface area (Å²) < 4.78 is 13.9. The van der Waals surface area contributed by atoms with E-state index >= 15 is 0 Å². The third-order valence-corrected chi connectivity index (χ3v) is 3.62. The second-order valence-corrected chi connectivity index (χ2v) is 5.50. The van der Waals surface area contributed by atoms with E-state index < -0.39 is 11.6 Å². The van der Waals surface area contributed by atoms with Crippen LogP contribution in [0.25, 0.3) is 5.57 Å². The van der Waals surface area contributed by atoms with E-state index in [0.29, 0.717) is 16.8 Å². The lowest BCUT2D eigenvalue weighted by Gasteiger charge is -2.09. The molecule has 0 spiro atoms. The quantitative estimate of drug-likeness (QED) is 0.141. The third kappa shape index (κ3) is 4.24. The minimum Gasteiger partial charge on any atom is -0.508 e. The van der Waals surface area contributed by atoms with Crippen LogP contribution in [-0.4, -0.2) is 17.1 Å². The van der Waals surface area contributed by atoms with Crippen LogP contribution in [0.5, 0.6) is 5.75 Å². The summed E-state index contributed by atoms with van der Waals surface area (Å²) in [7, 11) is 0. The van der Waals surface area contributed by atoms with Crippen molar-refractivity contribution < 1.29 is 14.3 Å². The molecular weight excluding hydrogens is 333 g/mol. The number of Topliss-reactive ketones (excluding diaryl/α,β-unsaturated/α-hetero) is 1. The summed E-state index contributed by atoms with van der Waals surface area (Å²) in [4.78, 5) is 12.5. The Labute approximate surface area is 150 Å². The molecule has 0 bridgehead atoms. The molecule has 0 amide bonds. The normalized spacial score (nSPS) is 11.5. The number of nitrogens with two attached hydrogens (primary N) is 2. The Bertz CT molecular complexity index is 946. The van der Waals surface area contributed by atoms with Gasteiger partial charge in [0.2, 0.25) is 0 Å². The summed E-state index contributed by atoms with van der Waals surface area (Å²) in [6, 6.07) is 10.2. The number of ketones is 1. The molecule has 0 unspecified atom stereocenters. The number of nitrogen functional groups attached to an aromatic ring is 1. The van der Waals surface area contributed by atoms with Crippen molar-refractivity contribution in [3.8, 4) is 5.75 Å². The standard InChI is InChI=1S/C20H18FN3O2/c1-12(8-15(11-24-23)14-4-3-5-16(22)9-14)13(2)20(26)18-10-17(25)6-7-19(18)21/h3-11,25H,1-2,22-23H2/b15-8+,24-11-. The Morgan fingerprint density at radius 1 is 1.19 bits per heavy atom. The number of anilines is 1. The van der Waals surface area contributed by atoms with Crippen LogP contribution in [0, 0.1) is 5.82 Å². The Morgan fingerprint density at radius 3 is 2.58 bits per heavy atom. The summed E-state index contributed by atoms with van der Waals surface area (Å²) in [5.74, 6) is 3.58. The number of rotatable bonds is 6. The van der Waals surface area contributed by atoms with Gasteiger partial charge in [0.25, 0.3) is 0 Å². The molecule has 0 saturated carbocycles. The van der Waals surface area contributed by atoms with Gasteiger partial charge in [0.15, 0.2) is 5.78 Å². The summed E-state index contributed by atoms with van der Waals surface area (Å²) in [5, 5.41) is 13.0. The smallest absolute Gasteiger partial charge is 0.196 e. The van der Waals surface area contributed by atoms with Gasteiger partial charge in [-0.1, -0.05) is 25.3 Å². The van der Waals surface area contributed by atoms with Crippen molar-refractivity contribution in [3.05, 3.63) is 89.8 Å². The SMILES string of the molecule is C=C(/C=C(\C=N/N)c1cccc(N)c1)C(=C)C(=O)c1cc(O)ccc1F. The molecule has 0 radical (unpaired) electrons. The maximum Gasteiger partial charge on any atom is 0.196 e. The monoisotopic (exact) mass is 351 g/mol. The van der Waals surface area contributed by atoms with Gasteiger partial charge in [0.05, 0.1) is 11.8 Å². The van der Waals surface area contributed by atoms with Crippen LogP contribution < -0.4 is 11.6 Å². The number of carbonyl (C=O) groups is 1. The number of hydrogen-bond donors (Lipinski definition) is 3. The molecule has 6 heteroatoms. The number of benzene rings is 2. The second-order valence-electron chi connectivity index (χ2n) is 5.50. The third-order valence-electron chi connectivity index (χ3n) is 3.62. The van der Waals surface area contributed by atoms with Crippen molar-refractivity contribution in [3.63, 3.8) is 0 Å². The zero-order chi connectivity index (χ0) is 19.3. The average molecular weight is 351 g/mol. The van der Waals surface area contributed by atoms with E-state index in [2.05, 4.69) is 18.3 Å². The van der Waals surface area contributed by atoms with E-state index in [-0.39, 0.29) is 22.5 Å². The Hall–Kier alpha value is -3.67. The lowest BCUT2D eigenvalue weighted by molar-refractivity contribution is 0.103. The minimum absolute atomic E-state index is 0.0266. The number of phenols is 1. The van der Waals surface area contributed by atoms with E-state index in [1.165, 1.54) is 6.21 Å². The van der Waals surface area contributed by atoms with Crippen LogP contribution in [0.1, 0.15) is 15.9 Å². The predicted octanol–water partition coefficient (Wildman–Crippen LogP) is 3.44. The summed E-state index contributed by atoms with van der Waals surface area (Å²) in [6.45, 7) is 7.49. The highest BCUT2D eigenvalue weighted by molar-refractivity contribution is 6.15. The maximum atomic E-state index is 13.9. The zero-order valence-electron chi connectivity index (χ0n) is 13.9. The molecule has 5 N–H and O–H groups in total. The van der Waals surface area contributed by atoms with Crippen molar-refractivity contribution in [2.75, 3.05) is 5.73 Å².